The van der Waals surface area contributed by atoms with Crippen LogP contribution in [0.3, 0.4) is 0 Å². The van der Waals surface area contributed by atoms with Crippen molar-refractivity contribution < 1.29 is 28.8 Å². The number of hydrogen-bond acceptors (Lipinski definition) is 12. The zero-order valence-electron chi connectivity index (χ0n) is 31.7. The fraction of sp³-hybridized carbons (Fsp3) is 0.538. The molecule has 15 heteroatoms. The summed E-state index contributed by atoms with van der Waals surface area (Å²) in [5.41, 5.74) is 3.29. The predicted octanol–water partition coefficient (Wildman–Crippen LogP) is 5.19. The largest absolute Gasteiger partial charge is 0.300 e. The summed E-state index contributed by atoms with van der Waals surface area (Å²) in [6, 6.07) is 4.81. The van der Waals surface area contributed by atoms with Crippen LogP contribution < -0.4 is 0 Å². The van der Waals surface area contributed by atoms with E-state index in [4.69, 9.17) is 0 Å². The van der Waals surface area contributed by atoms with Crippen LogP contribution in [0.15, 0.2) is 36.8 Å². The van der Waals surface area contributed by atoms with Gasteiger partial charge in [-0.05, 0) is 96.8 Å². The van der Waals surface area contributed by atoms with Crippen molar-refractivity contribution in [2.75, 3.05) is 0 Å². The molecule has 0 radical (unpaired) electrons. The van der Waals surface area contributed by atoms with Crippen molar-refractivity contribution in [2.45, 2.75) is 137 Å². The zero-order valence-corrected chi connectivity index (χ0v) is 31.7. The molecule has 15 nitrogen and oxygen atoms in total. The molecule has 0 aliphatic heterocycles. The molecule has 0 N–H and O–H groups in total. The number of aryl methyl sites for hydroxylation is 6. The predicted molar refractivity (Wildman–Crippen MR) is 198 cm³/mol. The number of rotatable bonds is 27. The molecule has 0 bridgehead atoms. The Kier molecular flexibility index (Phi) is 16.4. The van der Waals surface area contributed by atoms with E-state index >= 15 is 0 Å². The van der Waals surface area contributed by atoms with E-state index in [0.29, 0.717) is 113 Å². The van der Waals surface area contributed by atoms with Crippen LogP contribution in [-0.4, -0.2) is 79.7 Å². The first-order valence-electron chi connectivity index (χ1n) is 18.8. The number of carbonyl (C=O) groups excluding carboxylic acids is 6. The lowest BCUT2D eigenvalue weighted by Crippen LogP contribution is -2.10. The average molecular weight is 742 g/mol. The summed E-state index contributed by atoms with van der Waals surface area (Å²) in [7, 11) is 0. The van der Waals surface area contributed by atoms with Crippen molar-refractivity contribution in [3.63, 3.8) is 0 Å². The van der Waals surface area contributed by atoms with Gasteiger partial charge in [0.1, 0.15) is 17.3 Å². The number of aromatic nitrogens is 9. The minimum Gasteiger partial charge on any atom is -0.300 e. The van der Waals surface area contributed by atoms with Gasteiger partial charge in [-0.25, -0.2) is 0 Å². The lowest BCUT2D eigenvalue weighted by Gasteiger charge is -2.10. The van der Waals surface area contributed by atoms with Crippen molar-refractivity contribution >= 4 is 34.7 Å². The molecule has 0 atom stereocenters. The first kappa shape index (κ1) is 41.4. The van der Waals surface area contributed by atoms with Gasteiger partial charge >= 0.3 is 0 Å². The highest BCUT2D eigenvalue weighted by Crippen LogP contribution is 2.19. The molecule has 54 heavy (non-hydrogen) atoms. The lowest BCUT2D eigenvalue weighted by molar-refractivity contribution is -0.117. The molecule has 0 spiro atoms. The fourth-order valence-corrected chi connectivity index (χ4v) is 5.82. The average Bonchev–Trinajstić information content (AvgIpc) is 3.92. The molecule has 3 aromatic heterocycles. The fourth-order valence-electron chi connectivity index (χ4n) is 5.82. The molecule has 3 heterocycles. The second-order valence-electron chi connectivity index (χ2n) is 14.0. The molecule has 0 amide bonds. The SMILES string of the molecule is CC(=O)CCc1cn(CCCCC(=O)c2cc(C(=O)CCCCn3cc(CCC(C)=O)nn3)cc(C(=O)CCCCn3cc(CCC(C)=O)nn3)c2)nn1. The highest BCUT2D eigenvalue weighted by molar-refractivity contribution is 6.06. The van der Waals surface area contributed by atoms with Gasteiger partial charge in [0, 0.05) is 93.4 Å². The standard InChI is InChI=1S/C39H51N9O6/c1-28(49)13-16-34-25-46(43-40-34)19-7-4-10-37(52)31-22-32(38(53)11-5-8-20-47-26-35(41-44-47)17-14-29(2)50)24-33(23-31)39(54)12-6-9-21-48-27-36(42-45-48)18-15-30(3)51/h22-27H,4-21H2,1-3H3. The Morgan fingerprint density at radius 3 is 0.963 bits per heavy atom. The van der Waals surface area contributed by atoms with Crippen molar-refractivity contribution in [1.82, 2.24) is 45.0 Å². The second kappa shape index (κ2) is 21.4. The van der Waals surface area contributed by atoms with Crippen molar-refractivity contribution in [3.8, 4) is 0 Å². The van der Waals surface area contributed by atoms with Gasteiger partial charge in [0.2, 0.25) is 0 Å². The molecule has 288 valence electrons. The summed E-state index contributed by atoms with van der Waals surface area (Å²) < 4.78 is 5.13. The van der Waals surface area contributed by atoms with Crippen LogP contribution in [0, 0.1) is 0 Å². The topological polar surface area (TPSA) is 195 Å². The van der Waals surface area contributed by atoms with E-state index in [2.05, 4.69) is 30.9 Å². The third kappa shape index (κ3) is 14.6. The van der Waals surface area contributed by atoms with Gasteiger partial charge in [-0.2, -0.15) is 0 Å². The number of ketones is 6. The van der Waals surface area contributed by atoms with Crippen LogP contribution in [0.1, 0.15) is 146 Å². The summed E-state index contributed by atoms with van der Waals surface area (Å²) in [5.74, 6) is -0.132. The number of Topliss-reactive ketones (excluding diaryl/α,β-unsaturated/α-hetero) is 6. The van der Waals surface area contributed by atoms with Gasteiger partial charge in [-0.3, -0.25) is 28.4 Å². The van der Waals surface area contributed by atoms with E-state index in [1.54, 1.807) is 53.0 Å². The molecule has 4 aromatic rings. The highest BCUT2D eigenvalue weighted by atomic mass is 16.1. The zero-order chi connectivity index (χ0) is 38.9. The van der Waals surface area contributed by atoms with Gasteiger partial charge in [0.25, 0.3) is 0 Å². The molecule has 1 aromatic carbocycles. The molecular weight excluding hydrogens is 690 g/mol. The molecular formula is C39H51N9O6. The first-order chi connectivity index (χ1) is 25.9. The summed E-state index contributed by atoms with van der Waals surface area (Å²) in [5, 5.41) is 24.7. The molecule has 0 aliphatic rings. The molecule has 0 saturated carbocycles. The maximum absolute atomic E-state index is 13.4. The molecule has 0 saturated heterocycles. The van der Waals surface area contributed by atoms with E-state index < -0.39 is 0 Å². The van der Waals surface area contributed by atoms with Crippen molar-refractivity contribution in [2.24, 2.45) is 0 Å². The monoisotopic (exact) mass is 741 g/mol. The first-order valence-corrected chi connectivity index (χ1v) is 18.8. The Labute approximate surface area is 315 Å². The number of carbonyl (C=O) groups is 6. The lowest BCUT2D eigenvalue weighted by atomic mass is 9.94. The summed E-state index contributed by atoms with van der Waals surface area (Å²) in [6.45, 7) is 6.36. The number of hydrogen-bond donors (Lipinski definition) is 0. The Morgan fingerprint density at radius 2 is 0.704 bits per heavy atom. The van der Waals surface area contributed by atoms with Crippen LogP contribution in [0.2, 0.25) is 0 Å². The van der Waals surface area contributed by atoms with Crippen LogP contribution in [0.4, 0.5) is 0 Å². The molecule has 0 fully saturated rings. The number of benzene rings is 1. The van der Waals surface area contributed by atoms with Gasteiger partial charge in [-0.15, -0.1) is 15.3 Å². The van der Waals surface area contributed by atoms with Gasteiger partial charge in [0.15, 0.2) is 17.3 Å². The van der Waals surface area contributed by atoms with E-state index in [0.717, 1.165) is 17.1 Å². The molecule has 0 unspecified atom stereocenters. The van der Waals surface area contributed by atoms with E-state index in [9.17, 15) is 28.8 Å². The van der Waals surface area contributed by atoms with Crippen molar-refractivity contribution in [1.29, 1.82) is 0 Å². The van der Waals surface area contributed by atoms with Gasteiger partial charge < -0.3 is 14.4 Å². The maximum atomic E-state index is 13.4. The minimum atomic E-state index is -0.141. The van der Waals surface area contributed by atoms with Crippen LogP contribution >= 0.6 is 0 Å². The molecule has 0 aliphatic carbocycles. The quantitative estimate of drug-likeness (QED) is 0.0575. The Hall–Kier alpha value is -5.34. The second-order valence-corrected chi connectivity index (χ2v) is 14.0. The third-order valence-electron chi connectivity index (χ3n) is 8.98. The van der Waals surface area contributed by atoms with E-state index in [1.165, 1.54) is 0 Å². The van der Waals surface area contributed by atoms with Crippen LogP contribution in [0.5, 0.6) is 0 Å². The Bertz CT molecular complexity index is 1680. The third-order valence-corrected chi connectivity index (χ3v) is 8.98. The van der Waals surface area contributed by atoms with Gasteiger partial charge in [-0.1, -0.05) is 15.6 Å². The normalized spacial score (nSPS) is 11.2. The summed E-state index contributed by atoms with van der Waals surface area (Å²) in [6.07, 6.45) is 12.9. The highest BCUT2D eigenvalue weighted by Gasteiger charge is 2.17. The maximum Gasteiger partial charge on any atom is 0.162 e. The van der Waals surface area contributed by atoms with E-state index in [1.807, 2.05) is 18.6 Å². The van der Waals surface area contributed by atoms with E-state index in [-0.39, 0.29) is 54.0 Å². The number of nitrogens with zero attached hydrogens (tertiary/aromatic N) is 9. The minimum absolute atomic E-state index is 0.0969. The van der Waals surface area contributed by atoms with Crippen LogP contribution in [-0.2, 0) is 53.3 Å². The van der Waals surface area contributed by atoms with Crippen molar-refractivity contribution in [3.05, 3.63) is 70.6 Å². The summed E-state index contributed by atoms with van der Waals surface area (Å²) in [4.78, 5) is 74.0. The smallest absolute Gasteiger partial charge is 0.162 e. The van der Waals surface area contributed by atoms with Crippen LogP contribution in [0.25, 0.3) is 0 Å². The molecule has 4 rings (SSSR count). The summed E-state index contributed by atoms with van der Waals surface area (Å²) >= 11 is 0. The Balaban J connectivity index is 1.33. The Morgan fingerprint density at radius 1 is 0.426 bits per heavy atom. The number of unbranched alkanes of at least 4 members (excludes halogenated alkanes) is 3. The van der Waals surface area contributed by atoms with Gasteiger partial charge in [0.05, 0.1) is 17.1 Å².